The van der Waals surface area contributed by atoms with Gasteiger partial charge in [0.2, 0.25) is 0 Å². The Morgan fingerprint density at radius 3 is 2.00 bits per heavy atom. The van der Waals surface area contributed by atoms with Gasteiger partial charge in [-0.3, -0.25) is 4.79 Å². The van der Waals surface area contributed by atoms with Gasteiger partial charge in [0.25, 0.3) is 0 Å². The van der Waals surface area contributed by atoms with E-state index in [9.17, 15) is 25.2 Å². The lowest BCUT2D eigenvalue weighted by Gasteiger charge is -2.31. The van der Waals surface area contributed by atoms with Crippen LogP contribution >= 0.6 is 0 Å². The van der Waals surface area contributed by atoms with Crippen LogP contribution in [-0.4, -0.2) is 71.6 Å². The number of ether oxygens (including phenoxy) is 2. The van der Waals surface area contributed by atoms with Crippen LogP contribution < -0.4 is 0 Å². The van der Waals surface area contributed by atoms with Crippen molar-refractivity contribution in [2.24, 2.45) is 5.41 Å². The highest BCUT2D eigenvalue weighted by Gasteiger charge is 2.33. The molecule has 0 aliphatic rings. The first-order valence-electron chi connectivity index (χ1n) is 9.13. The molecular weight excluding hydrogens is 328 g/mol. The van der Waals surface area contributed by atoms with E-state index in [-0.39, 0.29) is 19.8 Å². The lowest BCUT2D eigenvalue weighted by atomic mass is 9.92. The Morgan fingerprint density at radius 1 is 0.880 bits per heavy atom. The van der Waals surface area contributed by atoms with E-state index < -0.39 is 36.8 Å². The Balaban J connectivity index is 4.29. The minimum atomic E-state index is -1.34. The third-order valence-electron chi connectivity index (χ3n) is 4.32. The number of carbonyl (C=O) groups is 1. The summed E-state index contributed by atoms with van der Waals surface area (Å²) in [5.74, 6) is -0.513. The summed E-state index contributed by atoms with van der Waals surface area (Å²) < 4.78 is 10.3. The van der Waals surface area contributed by atoms with Gasteiger partial charge in [0.05, 0.1) is 38.4 Å². The maximum atomic E-state index is 10.9. The minimum absolute atomic E-state index is 0.0912. The molecule has 1 atom stereocenters. The van der Waals surface area contributed by atoms with E-state index in [1.165, 1.54) is 26.2 Å². The monoisotopic (exact) mass is 364 g/mol. The number of aliphatic hydroxyl groups excluding tert-OH is 3. The molecule has 0 aromatic carbocycles. The van der Waals surface area contributed by atoms with E-state index in [4.69, 9.17) is 9.47 Å². The predicted molar refractivity (Wildman–Crippen MR) is 94.1 cm³/mol. The molecule has 0 aliphatic carbocycles. The molecule has 0 fully saturated rings. The Kier molecular flexibility index (Phi) is 13.1. The van der Waals surface area contributed by atoms with Crippen molar-refractivity contribution in [1.82, 2.24) is 0 Å². The Hall–Kier alpha value is -0.730. The largest absolute Gasteiger partial charge is 0.465 e. The topological polar surface area (TPSA) is 116 Å². The highest BCUT2D eigenvalue weighted by Crippen LogP contribution is 2.21. The van der Waals surface area contributed by atoms with Crippen molar-refractivity contribution in [3.8, 4) is 0 Å². The number of unbranched alkanes of at least 4 members (excludes halogenated alkanes) is 5. The van der Waals surface area contributed by atoms with Gasteiger partial charge in [0.15, 0.2) is 0 Å². The molecule has 7 heteroatoms. The van der Waals surface area contributed by atoms with Crippen molar-refractivity contribution in [3.63, 3.8) is 0 Å². The second-order valence-electron chi connectivity index (χ2n) is 6.99. The molecule has 0 aromatic rings. The number of hydrogen-bond acceptors (Lipinski definition) is 7. The SMILES string of the molecule is CCCCCCCCC(O)(CO)COCC(CO)(CO)COC(C)=O. The third kappa shape index (κ3) is 10.8. The van der Waals surface area contributed by atoms with Gasteiger partial charge in [-0.1, -0.05) is 45.4 Å². The van der Waals surface area contributed by atoms with E-state index in [2.05, 4.69) is 6.92 Å². The second kappa shape index (κ2) is 13.5. The van der Waals surface area contributed by atoms with Gasteiger partial charge >= 0.3 is 5.97 Å². The average Bonchev–Trinajstić information content (AvgIpc) is 2.61. The van der Waals surface area contributed by atoms with E-state index >= 15 is 0 Å². The summed E-state index contributed by atoms with van der Waals surface area (Å²) in [4.78, 5) is 10.9. The van der Waals surface area contributed by atoms with Gasteiger partial charge in [-0.25, -0.2) is 0 Å². The van der Waals surface area contributed by atoms with Gasteiger partial charge < -0.3 is 29.9 Å². The molecular formula is C18H36O7. The lowest BCUT2D eigenvalue weighted by molar-refractivity contribution is -0.153. The molecule has 0 spiro atoms. The summed E-state index contributed by atoms with van der Waals surface area (Å²) in [6.07, 6.45) is 6.88. The van der Waals surface area contributed by atoms with Crippen molar-refractivity contribution in [2.45, 2.75) is 64.4 Å². The molecule has 150 valence electrons. The zero-order valence-corrected chi connectivity index (χ0v) is 15.7. The summed E-state index contributed by atoms with van der Waals surface area (Å²) in [5, 5.41) is 38.8. The maximum Gasteiger partial charge on any atom is 0.302 e. The smallest absolute Gasteiger partial charge is 0.302 e. The van der Waals surface area contributed by atoms with Crippen molar-refractivity contribution in [3.05, 3.63) is 0 Å². The van der Waals surface area contributed by atoms with Crippen molar-refractivity contribution in [2.75, 3.05) is 39.6 Å². The van der Waals surface area contributed by atoms with Crippen molar-refractivity contribution >= 4 is 5.97 Å². The molecule has 0 aromatic heterocycles. The second-order valence-corrected chi connectivity index (χ2v) is 6.99. The third-order valence-corrected chi connectivity index (χ3v) is 4.32. The molecule has 0 rings (SSSR count). The fourth-order valence-corrected chi connectivity index (χ4v) is 2.42. The van der Waals surface area contributed by atoms with Crippen LogP contribution in [0.3, 0.4) is 0 Å². The van der Waals surface area contributed by atoms with Gasteiger partial charge in [0, 0.05) is 6.92 Å². The molecule has 4 N–H and O–H groups in total. The van der Waals surface area contributed by atoms with Crippen molar-refractivity contribution < 1.29 is 34.7 Å². The molecule has 25 heavy (non-hydrogen) atoms. The summed E-state index contributed by atoms with van der Waals surface area (Å²) >= 11 is 0. The van der Waals surface area contributed by atoms with Crippen LogP contribution in [0.2, 0.25) is 0 Å². The minimum Gasteiger partial charge on any atom is -0.465 e. The number of esters is 1. The fourth-order valence-electron chi connectivity index (χ4n) is 2.42. The number of aliphatic hydroxyl groups is 4. The molecule has 0 bridgehead atoms. The Morgan fingerprint density at radius 2 is 1.48 bits per heavy atom. The van der Waals surface area contributed by atoms with Gasteiger partial charge in [-0.15, -0.1) is 0 Å². The molecule has 1 unspecified atom stereocenters. The molecule has 0 aliphatic heterocycles. The lowest BCUT2D eigenvalue weighted by Crippen LogP contribution is -2.44. The molecule has 0 radical (unpaired) electrons. The number of hydrogen-bond donors (Lipinski definition) is 4. The summed E-state index contributed by atoms with van der Waals surface area (Å²) in [6.45, 7) is 1.75. The van der Waals surface area contributed by atoms with Crippen LogP contribution in [0.1, 0.15) is 58.8 Å². The summed E-state index contributed by atoms with van der Waals surface area (Å²) in [7, 11) is 0. The molecule has 0 saturated heterocycles. The molecule has 0 saturated carbocycles. The van der Waals surface area contributed by atoms with E-state index in [1.54, 1.807) is 0 Å². The highest BCUT2D eigenvalue weighted by molar-refractivity contribution is 5.65. The first-order chi connectivity index (χ1) is 11.9. The van der Waals surface area contributed by atoms with Crippen molar-refractivity contribution in [1.29, 1.82) is 0 Å². The average molecular weight is 364 g/mol. The summed E-state index contributed by atoms with van der Waals surface area (Å²) in [6, 6.07) is 0. The zero-order chi connectivity index (χ0) is 19.2. The highest BCUT2D eigenvalue weighted by atomic mass is 16.5. The quantitative estimate of drug-likeness (QED) is 0.238. The summed E-state index contributed by atoms with van der Waals surface area (Å²) in [5.41, 5.74) is -2.47. The maximum absolute atomic E-state index is 10.9. The van der Waals surface area contributed by atoms with Crippen LogP contribution in [0.4, 0.5) is 0 Å². The molecule has 0 heterocycles. The first-order valence-corrected chi connectivity index (χ1v) is 9.13. The van der Waals surface area contributed by atoms with Gasteiger partial charge in [0.1, 0.15) is 12.2 Å². The normalized spacial score (nSPS) is 14.3. The van der Waals surface area contributed by atoms with E-state index in [1.807, 2.05) is 0 Å². The van der Waals surface area contributed by atoms with Crippen LogP contribution in [0.25, 0.3) is 0 Å². The first kappa shape index (κ1) is 24.3. The Labute approximate surface area is 151 Å². The molecule has 0 amide bonds. The molecule has 7 nitrogen and oxygen atoms in total. The van der Waals surface area contributed by atoms with E-state index in [0.29, 0.717) is 6.42 Å². The standard InChI is InChI=1S/C18H36O7/c1-3-4-5-6-7-8-9-18(23,12-21)15-24-13-17(10-19,11-20)14-25-16(2)22/h19-21,23H,3-15H2,1-2H3. The number of rotatable bonds is 16. The van der Waals surface area contributed by atoms with E-state index in [0.717, 1.165) is 19.3 Å². The van der Waals surface area contributed by atoms with Gasteiger partial charge in [-0.2, -0.15) is 0 Å². The van der Waals surface area contributed by atoms with Crippen LogP contribution in [0.15, 0.2) is 0 Å². The Bertz CT molecular complexity index is 344. The fraction of sp³-hybridized carbons (Fsp3) is 0.944. The van der Waals surface area contributed by atoms with Crippen LogP contribution in [-0.2, 0) is 14.3 Å². The zero-order valence-electron chi connectivity index (χ0n) is 15.7. The predicted octanol–water partition coefficient (Wildman–Crippen LogP) is 1.01. The van der Waals surface area contributed by atoms with Crippen LogP contribution in [0.5, 0.6) is 0 Å². The van der Waals surface area contributed by atoms with Gasteiger partial charge in [-0.05, 0) is 6.42 Å². The number of carbonyl (C=O) groups excluding carboxylic acids is 1. The van der Waals surface area contributed by atoms with Crippen LogP contribution in [0, 0.1) is 5.41 Å².